The van der Waals surface area contributed by atoms with Crippen LogP contribution in [0.5, 0.6) is 0 Å². The highest BCUT2D eigenvalue weighted by molar-refractivity contribution is 5.66. The Hall–Kier alpha value is -1.65. The minimum atomic E-state index is -0.835. The first-order valence-corrected chi connectivity index (χ1v) is 8.86. The summed E-state index contributed by atoms with van der Waals surface area (Å²) in [4.78, 5) is 14.7. The van der Waals surface area contributed by atoms with Gasteiger partial charge in [-0.25, -0.2) is 4.89 Å². The van der Waals surface area contributed by atoms with Crippen LogP contribution < -0.4 is 0 Å². The van der Waals surface area contributed by atoms with E-state index in [4.69, 9.17) is 10.4 Å². The summed E-state index contributed by atoms with van der Waals surface area (Å²) in [6.45, 7) is 2.21. The number of carboxylic acid groups (broad SMARTS) is 1. The molecule has 0 spiro atoms. The van der Waals surface area contributed by atoms with Crippen molar-refractivity contribution in [3.8, 4) is 0 Å². The molecule has 0 aliphatic heterocycles. The van der Waals surface area contributed by atoms with E-state index in [0.717, 1.165) is 12.8 Å². The summed E-state index contributed by atoms with van der Waals surface area (Å²) in [5.41, 5.74) is 0. The monoisotopic (exact) mass is 336 g/mol. The van der Waals surface area contributed by atoms with Gasteiger partial charge in [0.25, 0.3) is 0 Å². The zero-order valence-electron chi connectivity index (χ0n) is 14.8. The second kappa shape index (κ2) is 17.7. The van der Waals surface area contributed by atoms with Gasteiger partial charge in [-0.05, 0) is 38.5 Å². The minimum Gasteiger partial charge on any atom is -0.481 e. The molecule has 0 fully saturated rings. The highest BCUT2D eigenvalue weighted by atomic mass is 17.1. The van der Waals surface area contributed by atoms with Crippen molar-refractivity contribution in [2.24, 2.45) is 0 Å². The molecule has 0 saturated heterocycles. The standard InChI is InChI=1S/C20H32O4/c1-2-3-4-5-6-7-8-9-10-11-12-13-14-16-19(24-23)17-15-18-20(21)22/h6-7,9-10,12-14,16,19,23H,2-5,8,11,15,17-18H2,1H3,(H,21,22)/b7-6-,10-9-,13-12-,16-14+/t19-/m0/s1. The van der Waals surface area contributed by atoms with Gasteiger partial charge in [-0.2, -0.15) is 0 Å². The van der Waals surface area contributed by atoms with Gasteiger partial charge >= 0.3 is 5.97 Å². The minimum absolute atomic E-state index is 0.0847. The van der Waals surface area contributed by atoms with Crippen molar-refractivity contribution in [3.63, 3.8) is 0 Å². The number of hydrogen-bond donors (Lipinski definition) is 2. The fourth-order valence-electron chi connectivity index (χ4n) is 2.06. The molecule has 0 aromatic heterocycles. The Morgan fingerprint density at radius 3 is 2.38 bits per heavy atom. The highest BCUT2D eigenvalue weighted by Gasteiger charge is 2.05. The third-order valence-electron chi connectivity index (χ3n) is 3.44. The second-order valence-electron chi connectivity index (χ2n) is 5.65. The van der Waals surface area contributed by atoms with Gasteiger partial charge in [0.05, 0.1) is 0 Å². The summed E-state index contributed by atoms with van der Waals surface area (Å²) in [5.74, 6) is -0.835. The molecule has 0 aromatic rings. The second-order valence-corrected chi connectivity index (χ2v) is 5.65. The fourth-order valence-corrected chi connectivity index (χ4v) is 2.06. The number of unbranched alkanes of at least 4 members (excludes halogenated alkanes) is 3. The van der Waals surface area contributed by atoms with Crippen molar-refractivity contribution in [2.75, 3.05) is 0 Å². The molecule has 1 atom stereocenters. The van der Waals surface area contributed by atoms with Gasteiger partial charge in [-0.3, -0.25) is 10.1 Å². The maximum absolute atomic E-state index is 10.4. The molecule has 0 radical (unpaired) electrons. The van der Waals surface area contributed by atoms with Crippen LogP contribution in [0.25, 0.3) is 0 Å². The first kappa shape index (κ1) is 22.4. The molecule has 4 heteroatoms. The third kappa shape index (κ3) is 16.7. The largest absolute Gasteiger partial charge is 0.481 e. The van der Waals surface area contributed by atoms with Crippen LogP contribution in [0.3, 0.4) is 0 Å². The zero-order chi connectivity index (χ0) is 17.9. The highest BCUT2D eigenvalue weighted by Crippen LogP contribution is 2.06. The van der Waals surface area contributed by atoms with Crippen LogP contribution in [0.1, 0.15) is 64.7 Å². The van der Waals surface area contributed by atoms with Crippen LogP contribution in [-0.4, -0.2) is 22.4 Å². The van der Waals surface area contributed by atoms with E-state index in [1.807, 2.05) is 18.2 Å². The number of hydrogen-bond acceptors (Lipinski definition) is 3. The summed E-state index contributed by atoms with van der Waals surface area (Å²) >= 11 is 0. The molecular weight excluding hydrogens is 304 g/mol. The van der Waals surface area contributed by atoms with E-state index < -0.39 is 12.1 Å². The summed E-state index contributed by atoms with van der Waals surface area (Å²) in [6, 6.07) is 0. The van der Waals surface area contributed by atoms with Crippen LogP contribution >= 0.6 is 0 Å². The van der Waals surface area contributed by atoms with Crippen LogP contribution in [0.2, 0.25) is 0 Å². The molecule has 2 N–H and O–H groups in total. The van der Waals surface area contributed by atoms with Gasteiger partial charge < -0.3 is 5.11 Å². The van der Waals surface area contributed by atoms with Crippen molar-refractivity contribution in [2.45, 2.75) is 70.8 Å². The van der Waals surface area contributed by atoms with E-state index in [1.54, 1.807) is 6.08 Å². The van der Waals surface area contributed by atoms with Gasteiger partial charge in [0, 0.05) is 6.42 Å². The smallest absolute Gasteiger partial charge is 0.303 e. The van der Waals surface area contributed by atoms with E-state index >= 15 is 0 Å². The van der Waals surface area contributed by atoms with Crippen molar-refractivity contribution in [1.82, 2.24) is 0 Å². The SMILES string of the molecule is CCCCC/C=C\C/C=C\C/C=C\C=C\[C@@H](CCCC(=O)O)OO. The summed E-state index contributed by atoms with van der Waals surface area (Å²) < 4.78 is 0. The molecule has 0 amide bonds. The molecule has 24 heavy (non-hydrogen) atoms. The zero-order valence-corrected chi connectivity index (χ0v) is 14.8. The lowest BCUT2D eigenvalue weighted by atomic mass is 10.1. The first-order chi connectivity index (χ1) is 11.7. The molecule has 0 heterocycles. The fraction of sp³-hybridized carbons (Fsp3) is 0.550. The maximum Gasteiger partial charge on any atom is 0.303 e. The Balaban J connectivity index is 3.74. The normalized spacial score (nSPS) is 13.8. The Bertz CT molecular complexity index is 408. The van der Waals surface area contributed by atoms with Gasteiger partial charge in [-0.15, -0.1) is 0 Å². The Morgan fingerprint density at radius 1 is 1.00 bits per heavy atom. The topological polar surface area (TPSA) is 66.8 Å². The predicted molar refractivity (Wildman–Crippen MR) is 98.9 cm³/mol. The quantitative estimate of drug-likeness (QED) is 0.133. The first-order valence-electron chi connectivity index (χ1n) is 8.86. The van der Waals surface area contributed by atoms with E-state index in [-0.39, 0.29) is 6.42 Å². The third-order valence-corrected chi connectivity index (χ3v) is 3.44. The lowest BCUT2D eigenvalue weighted by Gasteiger charge is -2.06. The van der Waals surface area contributed by atoms with E-state index in [1.165, 1.54) is 25.7 Å². The number of carboxylic acids is 1. The molecule has 0 bridgehead atoms. The number of carbonyl (C=O) groups is 1. The van der Waals surface area contributed by atoms with Crippen LogP contribution in [0, 0.1) is 0 Å². The van der Waals surface area contributed by atoms with Crippen molar-refractivity contribution in [1.29, 1.82) is 0 Å². The van der Waals surface area contributed by atoms with Crippen LogP contribution in [0.4, 0.5) is 0 Å². The predicted octanol–water partition coefficient (Wildman–Crippen LogP) is 5.68. The lowest BCUT2D eigenvalue weighted by Crippen LogP contribution is -2.08. The van der Waals surface area contributed by atoms with Gasteiger partial charge in [0.15, 0.2) is 0 Å². The van der Waals surface area contributed by atoms with Crippen LogP contribution in [0.15, 0.2) is 48.6 Å². The molecule has 0 saturated carbocycles. The van der Waals surface area contributed by atoms with E-state index in [0.29, 0.717) is 12.8 Å². The molecule has 0 rings (SSSR count). The lowest BCUT2D eigenvalue weighted by molar-refractivity contribution is -0.267. The van der Waals surface area contributed by atoms with Crippen molar-refractivity contribution in [3.05, 3.63) is 48.6 Å². The number of allylic oxidation sites excluding steroid dienone is 7. The molecule has 0 aliphatic rings. The van der Waals surface area contributed by atoms with Crippen LogP contribution in [-0.2, 0) is 9.68 Å². The maximum atomic E-state index is 10.4. The van der Waals surface area contributed by atoms with Crippen molar-refractivity contribution >= 4 is 5.97 Å². The summed E-state index contributed by atoms with van der Waals surface area (Å²) in [7, 11) is 0. The summed E-state index contributed by atoms with van der Waals surface area (Å²) in [6.07, 6.45) is 23.6. The number of aliphatic carboxylic acids is 1. The van der Waals surface area contributed by atoms with Gasteiger partial charge in [-0.1, -0.05) is 68.4 Å². The average Bonchev–Trinajstić information content (AvgIpc) is 2.57. The number of rotatable bonds is 15. The van der Waals surface area contributed by atoms with E-state index in [2.05, 4.69) is 36.1 Å². The van der Waals surface area contributed by atoms with Gasteiger partial charge in [0.1, 0.15) is 6.10 Å². The Morgan fingerprint density at radius 2 is 1.71 bits per heavy atom. The van der Waals surface area contributed by atoms with Gasteiger partial charge in [0.2, 0.25) is 0 Å². The molecular formula is C20H32O4. The average molecular weight is 336 g/mol. The molecule has 0 aliphatic carbocycles. The molecule has 4 nitrogen and oxygen atoms in total. The Kier molecular flexibility index (Phi) is 16.5. The Labute approximate surface area is 146 Å². The van der Waals surface area contributed by atoms with E-state index in [9.17, 15) is 4.79 Å². The summed E-state index contributed by atoms with van der Waals surface area (Å²) in [5, 5.41) is 17.3. The molecule has 0 unspecified atom stereocenters. The van der Waals surface area contributed by atoms with Crippen molar-refractivity contribution < 1.29 is 20.0 Å². The molecule has 0 aromatic carbocycles. The molecule has 136 valence electrons.